The van der Waals surface area contributed by atoms with E-state index in [-0.39, 0.29) is 5.41 Å². The van der Waals surface area contributed by atoms with Crippen molar-refractivity contribution >= 4 is 0 Å². The highest BCUT2D eigenvalue weighted by molar-refractivity contribution is 5.86. The van der Waals surface area contributed by atoms with Crippen LogP contribution in [-0.4, -0.2) is 0 Å². The molecule has 0 unspecified atom stereocenters. The van der Waals surface area contributed by atoms with Crippen molar-refractivity contribution in [1.82, 2.24) is 0 Å². The van der Waals surface area contributed by atoms with Crippen LogP contribution < -0.4 is 0 Å². The molecule has 144 valence electrons. The van der Waals surface area contributed by atoms with Crippen molar-refractivity contribution in [2.45, 2.75) is 32.1 Å². The lowest BCUT2D eigenvalue weighted by Gasteiger charge is -2.33. The lowest BCUT2D eigenvalue weighted by molar-refractivity contribution is 0.768. The number of unbranched alkanes of at least 4 members (excludes halogenated alkanes) is 1. The predicted molar refractivity (Wildman–Crippen MR) is 124 cm³/mol. The predicted octanol–water partition coefficient (Wildman–Crippen LogP) is 7.86. The van der Waals surface area contributed by atoms with E-state index in [1.54, 1.807) is 0 Å². The van der Waals surface area contributed by atoms with Crippen LogP contribution in [0, 0.1) is 0 Å². The van der Waals surface area contributed by atoms with Crippen LogP contribution in [-0.2, 0) is 5.41 Å². The molecule has 0 spiro atoms. The molecule has 0 bridgehead atoms. The summed E-state index contributed by atoms with van der Waals surface area (Å²) in [4.78, 5) is 0. The topological polar surface area (TPSA) is 0 Å². The van der Waals surface area contributed by atoms with Crippen LogP contribution in [0.3, 0.4) is 0 Å². The Labute approximate surface area is 174 Å². The number of hydrogen-bond acceptors (Lipinski definition) is 0. The molecule has 0 aromatic heterocycles. The summed E-state index contributed by atoms with van der Waals surface area (Å²) in [7, 11) is 0. The monoisotopic (exact) mass is 376 g/mol. The van der Waals surface area contributed by atoms with E-state index in [4.69, 9.17) is 0 Å². The van der Waals surface area contributed by atoms with Gasteiger partial charge >= 0.3 is 0 Å². The van der Waals surface area contributed by atoms with Gasteiger partial charge in [-0.05, 0) is 33.4 Å². The van der Waals surface area contributed by atoms with E-state index in [2.05, 4.69) is 123 Å². The Kier molecular flexibility index (Phi) is 5.62. The van der Waals surface area contributed by atoms with E-state index in [9.17, 15) is 0 Å². The molecule has 0 radical (unpaired) electrons. The first kappa shape index (κ1) is 19.2. The first-order valence-corrected chi connectivity index (χ1v) is 10.6. The minimum absolute atomic E-state index is 0.254. The summed E-state index contributed by atoms with van der Waals surface area (Å²) in [6, 6.07) is 39.5. The van der Waals surface area contributed by atoms with Crippen molar-refractivity contribution in [2.24, 2.45) is 0 Å². The third kappa shape index (κ3) is 3.19. The fourth-order valence-electron chi connectivity index (χ4n) is 4.40. The molecule has 1 aliphatic carbocycles. The van der Waals surface area contributed by atoms with Gasteiger partial charge < -0.3 is 0 Å². The standard InChI is InChI=1S/C25H18.C4H10/c1-3-11-19(12-4-1)25(20-13-5-2-6-14-20)23-17-9-7-15-21(23)22-16-8-10-18-24(22)25;1-3-4-2/h1-18H;3-4H2,1-2H3. The summed E-state index contributed by atoms with van der Waals surface area (Å²) in [6.07, 6.45) is 2.64. The zero-order valence-electron chi connectivity index (χ0n) is 17.3. The smallest absolute Gasteiger partial charge is 0.0654 e. The molecule has 29 heavy (non-hydrogen) atoms. The SMILES string of the molecule is CCCC.c1ccc(C2(c3ccccc3)c3ccccc3-c3ccccc32)cc1. The lowest BCUT2D eigenvalue weighted by atomic mass is 9.68. The number of hydrogen-bond donors (Lipinski definition) is 0. The van der Waals surface area contributed by atoms with E-state index >= 15 is 0 Å². The van der Waals surface area contributed by atoms with Gasteiger partial charge in [0.05, 0.1) is 5.41 Å². The number of fused-ring (bicyclic) bond motifs is 3. The molecule has 0 heteroatoms. The van der Waals surface area contributed by atoms with Gasteiger partial charge in [-0.15, -0.1) is 0 Å². The molecule has 0 amide bonds. The lowest BCUT2D eigenvalue weighted by Crippen LogP contribution is -2.28. The summed E-state index contributed by atoms with van der Waals surface area (Å²) in [5.74, 6) is 0. The second kappa shape index (κ2) is 8.49. The Morgan fingerprint density at radius 3 is 1.17 bits per heavy atom. The first-order chi connectivity index (χ1) is 14.3. The zero-order valence-corrected chi connectivity index (χ0v) is 17.3. The summed E-state index contributed by atoms with van der Waals surface area (Å²) in [5.41, 5.74) is 7.80. The van der Waals surface area contributed by atoms with E-state index in [0.29, 0.717) is 0 Å². The molecule has 0 atom stereocenters. The highest BCUT2D eigenvalue weighted by Gasteiger charge is 2.45. The maximum Gasteiger partial charge on any atom is 0.0713 e. The summed E-state index contributed by atoms with van der Waals surface area (Å²) in [5, 5.41) is 0. The van der Waals surface area contributed by atoms with Crippen molar-refractivity contribution < 1.29 is 0 Å². The van der Waals surface area contributed by atoms with Crippen LogP contribution in [0.5, 0.6) is 0 Å². The molecule has 0 saturated carbocycles. The normalized spacial score (nSPS) is 13.0. The Morgan fingerprint density at radius 1 is 0.448 bits per heavy atom. The average molecular weight is 377 g/mol. The molecule has 4 aromatic rings. The van der Waals surface area contributed by atoms with Crippen LogP contribution in [0.4, 0.5) is 0 Å². The minimum atomic E-state index is -0.254. The maximum absolute atomic E-state index is 2.29. The molecule has 1 aliphatic rings. The minimum Gasteiger partial charge on any atom is -0.0654 e. The molecular formula is C29H28. The van der Waals surface area contributed by atoms with E-state index in [1.165, 1.54) is 46.2 Å². The maximum atomic E-state index is 2.29. The van der Waals surface area contributed by atoms with E-state index < -0.39 is 0 Å². The Morgan fingerprint density at radius 2 is 0.793 bits per heavy atom. The summed E-state index contributed by atoms with van der Waals surface area (Å²) >= 11 is 0. The van der Waals surface area contributed by atoms with Gasteiger partial charge in [0, 0.05) is 0 Å². The molecule has 5 rings (SSSR count). The van der Waals surface area contributed by atoms with Crippen molar-refractivity contribution in [3.63, 3.8) is 0 Å². The van der Waals surface area contributed by atoms with Gasteiger partial charge in [0.15, 0.2) is 0 Å². The number of rotatable bonds is 3. The van der Waals surface area contributed by atoms with Crippen LogP contribution in [0.25, 0.3) is 11.1 Å². The van der Waals surface area contributed by atoms with Crippen LogP contribution in [0.2, 0.25) is 0 Å². The molecule has 0 N–H and O–H groups in total. The van der Waals surface area contributed by atoms with Crippen molar-refractivity contribution in [3.8, 4) is 11.1 Å². The van der Waals surface area contributed by atoms with Gasteiger partial charge in [0.25, 0.3) is 0 Å². The third-order valence-corrected chi connectivity index (χ3v) is 5.87. The molecular weight excluding hydrogens is 348 g/mol. The average Bonchev–Trinajstić information content (AvgIpc) is 3.12. The van der Waals surface area contributed by atoms with Crippen molar-refractivity contribution in [3.05, 3.63) is 131 Å². The Balaban J connectivity index is 0.000000472. The molecule has 4 aromatic carbocycles. The Bertz CT molecular complexity index is 972. The van der Waals surface area contributed by atoms with Crippen LogP contribution in [0.1, 0.15) is 48.9 Å². The zero-order chi connectivity index (χ0) is 20.1. The molecule has 0 aliphatic heterocycles. The van der Waals surface area contributed by atoms with Crippen molar-refractivity contribution in [1.29, 1.82) is 0 Å². The quantitative estimate of drug-likeness (QED) is 0.301. The van der Waals surface area contributed by atoms with Gasteiger partial charge in [-0.2, -0.15) is 0 Å². The first-order valence-electron chi connectivity index (χ1n) is 10.6. The summed E-state index contributed by atoms with van der Waals surface area (Å²) in [6.45, 7) is 4.36. The number of benzene rings is 4. The van der Waals surface area contributed by atoms with E-state index in [1.807, 2.05) is 0 Å². The van der Waals surface area contributed by atoms with Gasteiger partial charge in [-0.25, -0.2) is 0 Å². The fraction of sp³-hybridized carbons (Fsp3) is 0.172. The van der Waals surface area contributed by atoms with Gasteiger partial charge in [0.1, 0.15) is 0 Å². The van der Waals surface area contributed by atoms with Gasteiger partial charge in [0.2, 0.25) is 0 Å². The van der Waals surface area contributed by atoms with Crippen LogP contribution in [0.15, 0.2) is 109 Å². The second-order valence-electron chi connectivity index (χ2n) is 7.57. The van der Waals surface area contributed by atoms with Gasteiger partial charge in [-0.1, -0.05) is 136 Å². The second-order valence-corrected chi connectivity index (χ2v) is 7.57. The van der Waals surface area contributed by atoms with Gasteiger partial charge in [-0.3, -0.25) is 0 Å². The highest BCUT2D eigenvalue weighted by Crippen LogP contribution is 2.55. The molecule has 0 fully saturated rings. The van der Waals surface area contributed by atoms with Crippen LogP contribution >= 0.6 is 0 Å². The molecule has 0 saturated heterocycles. The fourth-order valence-corrected chi connectivity index (χ4v) is 4.40. The third-order valence-electron chi connectivity index (χ3n) is 5.87. The largest absolute Gasteiger partial charge is 0.0713 e. The van der Waals surface area contributed by atoms with Crippen molar-refractivity contribution in [2.75, 3.05) is 0 Å². The van der Waals surface area contributed by atoms with E-state index in [0.717, 1.165) is 0 Å². The molecule has 0 nitrogen and oxygen atoms in total. The summed E-state index contributed by atoms with van der Waals surface area (Å²) < 4.78 is 0. The highest BCUT2D eigenvalue weighted by atomic mass is 14.5. The Hall–Kier alpha value is -3.12. The molecule has 0 heterocycles.